The number of pyridine rings is 1. The molecule has 0 saturated carbocycles. The van der Waals surface area contributed by atoms with Gasteiger partial charge >= 0.3 is 6.03 Å². The molecular weight excluding hydrogens is 362 g/mol. The quantitative estimate of drug-likeness (QED) is 0.675. The van der Waals surface area contributed by atoms with Gasteiger partial charge in [-0.1, -0.05) is 30.3 Å². The van der Waals surface area contributed by atoms with Crippen LogP contribution in [0.1, 0.15) is 31.4 Å². The molecule has 6 nitrogen and oxygen atoms in total. The van der Waals surface area contributed by atoms with Crippen LogP contribution < -0.4 is 0 Å². The van der Waals surface area contributed by atoms with Crippen molar-refractivity contribution in [2.24, 2.45) is 0 Å². The van der Waals surface area contributed by atoms with Crippen molar-refractivity contribution in [3.05, 3.63) is 72.9 Å². The smallest absolute Gasteiger partial charge is 0.324 e. The van der Waals surface area contributed by atoms with Gasteiger partial charge in [-0.3, -0.25) is 14.5 Å². The monoisotopic (exact) mass is 389 g/mol. The molecule has 1 unspecified atom stereocenters. The SMILES string of the molecule is CC(c1ccccc1)N1CCC(N(C)C(=O)n2cnc(-c3cccnc3)c2)CC1. The second-order valence-corrected chi connectivity index (χ2v) is 7.66. The van der Waals surface area contributed by atoms with Crippen LogP contribution in [0.4, 0.5) is 4.79 Å². The topological polar surface area (TPSA) is 54.3 Å². The number of likely N-dealkylation sites (tertiary alicyclic amines) is 1. The van der Waals surface area contributed by atoms with E-state index in [0.29, 0.717) is 6.04 Å². The molecule has 0 aliphatic carbocycles. The molecule has 0 spiro atoms. The lowest BCUT2D eigenvalue weighted by atomic mass is 9.99. The van der Waals surface area contributed by atoms with Crippen LogP contribution in [-0.2, 0) is 0 Å². The minimum absolute atomic E-state index is 0.0396. The maximum Gasteiger partial charge on any atom is 0.329 e. The molecule has 1 atom stereocenters. The highest BCUT2D eigenvalue weighted by molar-refractivity contribution is 5.78. The van der Waals surface area contributed by atoms with Crippen molar-refractivity contribution in [2.75, 3.05) is 20.1 Å². The van der Waals surface area contributed by atoms with Gasteiger partial charge in [-0.15, -0.1) is 0 Å². The van der Waals surface area contributed by atoms with E-state index < -0.39 is 0 Å². The molecule has 150 valence electrons. The molecule has 3 heterocycles. The Morgan fingerprint density at radius 1 is 1.14 bits per heavy atom. The zero-order chi connectivity index (χ0) is 20.2. The lowest BCUT2D eigenvalue weighted by molar-refractivity contribution is 0.112. The molecule has 0 radical (unpaired) electrons. The third-order valence-electron chi connectivity index (χ3n) is 5.94. The van der Waals surface area contributed by atoms with Crippen molar-refractivity contribution in [3.63, 3.8) is 0 Å². The Balaban J connectivity index is 1.36. The number of hydrogen-bond acceptors (Lipinski definition) is 4. The highest BCUT2D eigenvalue weighted by Crippen LogP contribution is 2.26. The standard InChI is InChI=1S/C23H27N5O/c1-18(19-7-4-3-5-8-19)27-13-10-21(11-14-27)26(2)23(29)28-16-22(25-17-28)20-9-6-12-24-15-20/h3-9,12,15-18,21H,10-11,13-14H2,1-2H3. The van der Waals surface area contributed by atoms with Crippen molar-refractivity contribution in [1.29, 1.82) is 0 Å². The summed E-state index contributed by atoms with van der Waals surface area (Å²) >= 11 is 0. The summed E-state index contributed by atoms with van der Waals surface area (Å²) in [5.41, 5.74) is 3.01. The van der Waals surface area contributed by atoms with Gasteiger partial charge in [-0.25, -0.2) is 9.78 Å². The van der Waals surface area contributed by atoms with Crippen molar-refractivity contribution in [2.45, 2.75) is 31.8 Å². The number of aromatic nitrogens is 3. The van der Waals surface area contributed by atoms with Crippen LogP contribution >= 0.6 is 0 Å². The average Bonchev–Trinajstić information content (AvgIpc) is 3.29. The van der Waals surface area contributed by atoms with E-state index in [9.17, 15) is 4.79 Å². The Morgan fingerprint density at radius 2 is 1.90 bits per heavy atom. The van der Waals surface area contributed by atoms with E-state index in [2.05, 4.69) is 52.1 Å². The summed E-state index contributed by atoms with van der Waals surface area (Å²) in [7, 11) is 1.90. The highest BCUT2D eigenvalue weighted by atomic mass is 16.2. The number of carbonyl (C=O) groups is 1. The fourth-order valence-corrected chi connectivity index (χ4v) is 4.03. The molecule has 3 aromatic rings. The van der Waals surface area contributed by atoms with Gasteiger partial charge in [0, 0.05) is 56.4 Å². The van der Waals surface area contributed by atoms with Crippen LogP contribution in [0.5, 0.6) is 0 Å². The first kappa shape index (κ1) is 19.3. The first-order valence-corrected chi connectivity index (χ1v) is 10.1. The van der Waals surface area contributed by atoms with E-state index in [-0.39, 0.29) is 12.1 Å². The van der Waals surface area contributed by atoms with E-state index in [1.165, 1.54) is 5.56 Å². The minimum Gasteiger partial charge on any atom is -0.324 e. The van der Waals surface area contributed by atoms with Gasteiger partial charge in [0.05, 0.1) is 5.69 Å². The van der Waals surface area contributed by atoms with Gasteiger partial charge in [0.1, 0.15) is 6.33 Å². The molecule has 29 heavy (non-hydrogen) atoms. The first-order chi connectivity index (χ1) is 14.1. The molecule has 1 saturated heterocycles. The molecule has 2 aromatic heterocycles. The lowest BCUT2D eigenvalue weighted by Gasteiger charge is -2.39. The zero-order valence-electron chi connectivity index (χ0n) is 17.0. The zero-order valence-corrected chi connectivity index (χ0v) is 17.0. The second-order valence-electron chi connectivity index (χ2n) is 7.66. The van der Waals surface area contributed by atoms with Crippen molar-refractivity contribution >= 4 is 6.03 Å². The summed E-state index contributed by atoms with van der Waals surface area (Å²) in [5.74, 6) is 0. The van der Waals surface area contributed by atoms with Crippen molar-refractivity contribution < 1.29 is 4.79 Å². The summed E-state index contributed by atoms with van der Waals surface area (Å²) < 4.78 is 1.57. The molecule has 6 heteroatoms. The number of hydrogen-bond donors (Lipinski definition) is 0. The largest absolute Gasteiger partial charge is 0.329 e. The van der Waals surface area contributed by atoms with Crippen LogP contribution in [0.15, 0.2) is 67.4 Å². The van der Waals surface area contributed by atoms with Gasteiger partial charge in [0.15, 0.2) is 0 Å². The summed E-state index contributed by atoms with van der Waals surface area (Å²) in [6.45, 7) is 4.24. The maximum atomic E-state index is 12.9. The maximum absolute atomic E-state index is 12.9. The Hall–Kier alpha value is -2.99. The third kappa shape index (κ3) is 4.22. The van der Waals surface area contributed by atoms with Gasteiger partial charge in [-0.05, 0) is 37.5 Å². The molecule has 1 aromatic carbocycles. The number of amides is 1. The molecule has 0 N–H and O–H groups in total. The van der Waals surface area contributed by atoms with Crippen LogP contribution in [0, 0.1) is 0 Å². The number of rotatable bonds is 4. The third-order valence-corrected chi connectivity index (χ3v) is 5.94. The molecular formula is C23H27N5O. The number of carbonyl (C=O) groups excluding carboxylic acids is 1. The van der Waals surface area contributed by atoms with E-state index in [1.807, 2.05) is 24.1 Å². The van der Waals surface area contributed by atoms with Crippen LogP contribution in [0.2, 0.25) is 0 Å². The normalized spacial score (nSPS) is 16.5. The molecule has 1 fully saturated rings. The number of nitrogens with zero attached hydrogens (tertiary/aromatic N) is 5. The second kappa shape index (κ2) is 8.57. The van der Waals surface area contributed by atoms with E-state index in [0.717, 1.165) is 37.2 Å². The molecule has 1 aliphatic heterocycles. The lowest BCUT2D eigenvalue weighted by Crippen LogP contribution is -2.47. The van der Waals surface area contributed by atoms with Gasteiger partial charge in [-0.2, -0.15) is 0 Å². The summed E-state index contributed by atoms with van der Waals surface area (Å²) in [6.07, 6.45) is 8.80. The van der Waals surface area contributed by atoms with Crippen LogP contribution in [0.25, 0.3) is 11.3 Å². The fourth-order valence-electron chi connectivity index (χ4n) is 4.03. The predicted molar refractivity (Wildman–Crippen MR) is 113 cm³/mol. The molecule has 0 bridgehead atoms. The Kier molecular flexibility index (Phi) is 5.71. The minimum atomic E-state index is -0.0396. The molecule has 1 aliphatic rings. The summed E-state index contributed by atoms with van der Waals surface area (Å²) in [4.78, 5) is 25.8. The van der Waals surface area contributed by atoms with Gasteiger partial charge < -0.3 is 4.90 Å². The summed E-state index contributed by atoms with van der Waals surface area (Å²) in [5, 5.41) is 0. The Morgan fingerprint density at radius 3 is 2.59 bits per heavy atom. The summed E-state index contributed by atoms with van der Waals surface area (Å²) in [6, 6.07) is 15.0. The van der Waals surface area contributed by atoms with Gasteiger partial charge in [0.25, 0.3) is 0 Å². The van der Waals surface area contributed by atoms with Gasteiger partial charge in [0.2, 0.25) is 0 Å². The van der Waals surface area contributed by atoms with Crippen molar-refractivity contribution in [1.82, 2.24) is 24.3 Å². The number of imidazole rings is 1. The van der Waals surface area contributed by atoms with E-state index >= 15 is 0 Å². The fraction of sp³-hybridized carbons (Fsp3) is 0.348. The Bertz CT molecular complexity index is 932. The van der Waals surface area contributed by atoms with E-state index in [4.69, 9.17) is 0 Å². The average molecular weight is 390 g/mol. The molecule has 4 rings (SSSR count). The molecule has 1 amide bonds. The number of piperidine rings is 1. The Labute approximate surface area is 171 Å². The van der Waals surface area contributed by atoms with Crippen molar-refractivity contribution in [3.8, 4) is 11.3 Å². The number of benzene rings is 1. The van der Waals surface area contributed by atoms with E-state index in [1.54, 1.807) is 29.5 Å². The first-order valence-electron chi connectivity index (χ1n) is 10.1. The predicted octanol–water partition coefficient (Wildman–Crippen LogP) is 4.07. The highest BCUT2D eigenvalue weighted by Gasteiger charge is 2.28. The van der Waals surface area contributed by atoms with Crippen LogP contribution in [-0.4, -0.2) is 56.5 Å². The van der Waals surface area contributed by atoms with Crippen LogP contribution in [0.3, 0.4) is 0 Å².